The number of carbonyl (C=O) groups excluding carboxylic acids is 1. The maximum atomic E-state index is 11.5. The van der Waals surface area contributed by atoms with Gasteiger partial charge in [0.1, 0.15) is 0 Å². The highest BCUT2D eigenvalue weighted by Crippen LogP contribution is 2.00. The van der Waals surface area contributed by atoms with Gasteiger partial charge >= 0.3 is 16.3 Å². The van der Waals surface area contributed by atoms with E-state index in [1.54, 1.807) is 4.72 Å². The van der Waals surface area contributed by atoms with Gasteiger partial charge in [0.15, 0.2) is 0 Å². The molecule has 1 amide bonds. The van der Waals surface area contributed by atoms with E-state index in [0.717, 1.165) is 11.4 Å². The van der Waals surface area contributed by atoms with Crippen LogP contribution >= 0.6 is 23.2 Å². The topological polar surface area (TPSA) is 75.7 Å². The van der Waals surface area contributed by atoms with Crippen molar-refractivity contribution in [2.24, 2.45) is 0 Å². The molecule has 0 aromatic carbocycles. The maximum Gasteiger partial charge on any atom is 0.421 e. The minimum Gasteiger partial charge on any atom is -0.452 e. The Morgan fingerprint density at radius 2 is 1.80 bits per heavy atom. The van der Waals surface area contributed by atoms with Crippen molar-refractivity contribution in [2.45, 2.75) is 0 Å². The molecule has 1 N–H and O–H groups in total. The van der Waals surface area contributed by atoms with Crippen LogP contribution in [0.1, 0.15) is 0 Å². The first kappa shape index (κ1) is 14.8. The van der Waals surface area contributed by atoms with Gasteiger partial charge in [-0.25, -0.2) is 9.52 Å². The number of ether oxygens (including phenoxy) is 1. The van der Waals surface area contributed by atoms with E-state index in [4.69, 9.17) is 23.2 Å². The van der Waals surface area contributed by atoms with E-state index >= 15 is 0 Å². The van der Waals surface area contributed by atoms with Crippen LogP contribution in [0.3, 0.4) is 0 Å². The molecule has 0 aliphatic rings. The second-order valence-electron chi connectivity index (χ2n) is 2.38. The van der Waals surface area contributed by atoms with Crippen molar-refractivity contribution in [1.82, 2.24) is 9.03 Å². The summed E-state index contributed by atoms with van der Waals surface area (Å²) >= 11 is 10.8. The van der Waals surface area contributed by atoms with Crippen LogP contribution in [0.2, 0.25) is 0 Å². The predicted octanol–water partition coefficient (Wildman–Crippen LogP) is 0.367. The molecule has 0 fully saturated rings. The normalized spacial score (nSPS) is 11.5. The number of amides is 1. The Balaban J connectivity index is 4.56. The second-order valence-corrected chi connectivity index (χ2v) is 4.80. The number of alkyl halides is 2. The van der Waals surface area contributed by atoms with E-state index < -0.39 is 16.3 Å². The quantitative estimate of drug-likeness (QED) is 0.713. The molecule has 15 heavy (non-hydrogen) atoms. The molecule has 0 radical (unpaired) electrons. The number of hydrogen-bond donors (Lipinski definition) is 1. The summed E-state index contributed by atoms with van der Waals surface area (Å²) in [5.74, 6) is 0.220. The number of rotatable bonds is 6. The third kappa shape index (κ3) is 5.41. The molecule has 0 aliphatic heterocycles. The van der Waals surface area contributed by atoms with Gasteiger partial charge in [0.05, 0.1) is 7.11 Å². The standard InChI is InChI=1S/C6H12Cl2N2O4S/c1-14-6(11)9-15(12,13)10(4-2-7)5-3-8/h2-5H2,1H3,(H,9,11). The number of halogens is 2. The average molecular weight is 279 g/mol. The number of carbonyl (C=O) groups is 1. The minimum absolute atomic E-state index is 0.0700. The molecule has 0 aliphatic carbocycles. The Kier molecular flexibility index (Phi) is 6.99. The first-order valence-corrected chi connectivity index (χ1v) is 6.46. The molecule has 0 spiro atoms. The fourth-order valence-electron chi connectivity index (χ4n) is 0.752. The van der Waals surface area contributed by atoms with Gasteiger partial charge in [0.25, 0.3) is 0 Å². The summed E-state index contributed by atoms with van der Waals surface area (Å²) in [7, 11) is -2.85. The largest absolute Gasteiger partial charge is 0.452 e. The number of hydrogen-bond acceptors (Lipinski definition) is 4. The molecular formula is C6H12Cl2N2O4S. The highest BCUT2D eigenvalue weighted by molar-refractivity contribution is 7.87. The molecular weight excluding hydrogens is 267 g/mol. The van der Waals surface area contributed by atoms with Crippen molar-refractivity contribution in [3.05, 3.63) is 0 Å². The first-order chi connectivity index (χ1) is 6.97. The lowest BCUT2D eigenvalue weighted by Crippen LogP contribution is -2.45. The monoisotopic (exact) mass is 278 g/mol. The second kappa shape index (κ2) is 7.10. The first-order valence-electron chi connectivity index (χ1n) is 3.95. The van der Waals surface area contributed by atoms with E-state index in [1.807, 2.05) is 0 Å². The van der Waals surface area contributed by atoms with Crippen molar-refractivity contribution in [1.29, 1.82) is 0 Å². The third-order valence-electron chi connectivity index (χ3n) is 1.41. The SMILES string of the molecule is COC(=O)NS(=O)(=O)N(CCCl)CCCl. The van der Waals surface area contributed by atoms with Gasteiger partial charge in [-0.15, -0.1) is 23.2 Å². The van der Waals surface area contributed by atoms with Gasteiger partial charge in [0, 0.05) is 24.8 Å². The molecule has 0 aromatic heterocycles. The summed E-state index contributed by atoms with van der Waals surface area (Å²) in [5, 5.41) is 0. The molecule has 0 atom stereocenters. The van der Waals surface area contributed by atoms with Crippen LogP contribution < -0.4 is 4.72 Å². The molecule has 6 nitrogen and oxygen atoms in total. The lowest BCUT2D eigenvalue weighted by atomic mass is 10.7. The minimum atomic E-state index is -3.92. The van der Waals surface area contributed by atoms with Gasteiger partial charge in [-0.1, -0.05) is 0 Å². The van der Waals surface area contributed by atoms with Crippen molar-refractivity contribution < 1.29 is 17.9 Å². The summed E-state index contributed by atoms with van der Waals surface area (Å²) in [6.07, 6.45) is -1.05. The van der Waals surface area contributed by atoms with E-state index in [2.05, 4.69) is 4.74 Å². The smallest absolute Gasteiger partial charge is 0.421 e. The zero-order chi connectivity index (χ0) is 11.9. The van der Waals surface area contributed by atoms with Crippen LogP contribution in [-0.4, -0.2) is 50.8 Å². The lowest BCUT2D eigenvalue weighted by molar-refractivity contribution is 0.177. The van der Waals surface area contributed by atoms with Gasteiger partial charge in [0.2, 0.25) is 0 Å². The van der Waals surface area contributed by atoms with Crippen LogP contribution in [0.5, 0.6) is 0 Å². The van der Waals surface area contributed by atoms with Gasteiger partial charge in [-0.2, -0.15) is 12.7 Å². The van der Waals surface area contributed by atoms with Crippen molar-refractivity contribution in [2.75, 3.05) is 32.0 Å². The maximum absolute atomic E-state index is 11.5. The molecule has 0 rings (SSSR count). The summed E-state index contributed by atoms with van der Waals surface area (Å²) in [5.41, 5.74) is 0. The van der Waals surface area contributed by atoms with Crippen LogP contribution in [0.15, 0.2) is 0 Å². The molecule has 0 heterocycles. The Morgan fingerprint density at radius 3 is 2.13 bits per heavy atom. The molecule has 0 saturated carbocycles. The Labute approximate surface area is 98.7 Å². The van der Waals surface area contributed by atoms with Gasteiger partial charge < -0.3 is 4.74 Å². The van der Waals surface area contributed by atoms with Gasteiger partial charge in [-0.05, 0) is 0 Å². The zero-order valence-corrected chi connectivity index (χ0v) is 10.4. The zero-order valence-electron chi connectivity index (χ0n) is 8.07. The number of nitrogens with zero attached hydrogens (tertiary/aromatic N) is 1. The molecule has 0 unspecified atom stereocenters. The van der Waals surface area contributed by atoms with Crippen molar-refractivity contribution >= 4 is 39.5 Å². The summed E-state index contributed by atoms with van der Waals surface area (Å²) in [4.78, 5) is 10.7. The molecule has 9 heteroatoms. The van der Waals surface area contributed by atoms with Crippen molar-refractivity contribution in [3.63, 3.8) is 0 Å². The Bertz CT molecular complexity index is 290. The van der Waals surface area contributed by atoms with E-state index in [1.165, 1.54) is 0 Å². The molecule has 0 bridgehead atoms. The Hall–Kier alpha value is -0.240. The molecule has 0 saturated heterocycles. The third-order valence-corrected chi connectivity index (χ3v) is 3.21. The van der Waals surface area contributed by atoms with Crippen LogP contribution in [-0.2, 0) is 14.9 Å². The summed E-state index contributed by atoms with van der Waals surface area (Å²) < 4.78 is 29.8. The highest BCUT2D eigenvalue weighted by atomic mass is 35.5. The lowest BCUT2D eigenvalue weighted by Gasteiger charge is -2.19. The van der Waals surface area contributed by atoms with E-state index in [9.17, 15) is 13.2 Å². The average Bonchev–Trinajstić information content (AvgIpc) is 2.16. The molecule has 0 aromatic rings. The van der Waals surface area contributed by atoms with E-state index in [-0.39, 0.29) is 24.8 Å². The van der Waals surface area contributed by atoms with Crippen LogP contribution in [0.4, 0.5) is 4.79 Å². The number of methoxy groups -OCH3 is 1. The van der Waals surface area contributed by atoms with Crippen LogP contribution in [0.25, 0.3) is 0 Å². The summed E-state index contributed by atoms with van der Waals surface area (Å²) in [6, 6.07) is 0. The van der Waals surface area contributed by atoms with Crippen LogP contribution in [0, 0.1) is 0 Å². The fourth-order valence-corrected chi connectivity index (χ4v) is 2.45. The van der Waals surface area contributed by atoms with Gasteiger partial charge in [-0.3, -0.25) is 0 Å². The fraction of sp³-hybridized carbons (Fsp3) is 0.833. The number of nitrogens with one attached hydrogen (secondary N) is 1. The highest BCUT2D eigenvalue weighted by Gasteiger charge is 2.23. The van der Waals surface area contributed by atoms with Crippen molar-refractivity contribution in [3.8, 4) is 0 Å². The van der Waals surface area contributed by atoms with E-state index in [0.29, 0.717) is 0 Å². The predicted molar refractivity (Wildman–Crippen MR) is 57.5 cm³/mol. The summed E-state index contributed by atoms with van der Waals surface area (Å²) in [6.45, 7) is 0.140. The Morgan fingerprint density at radius 1 is 1.33 bits per heavy atom. The molecule has 90 valence electrons.